The molecule has 1 saturated carbocycles. The Balaban J connectivity index is 1.27. The second kappa shape index (κ2) is 11.7. The Bertz CT molecular complexity index is 1200. The summed E-state index contributed by atoms with van der Waals surface area (Å²) in [5.74, 6) is -1.17. The number of anilines is 1. The minimum absolute atomic E-state index is 0.0586. The quantitative estimate of drug-likeness (QED) is 0.359. The van der Waals surface area contributed by atoms with Gasteiger partial charge in [0, 0.05) is 42.8 Å². The van der Waals surface area contributed by atoms with Crippen LogP contribution in [0.25, 0.3) is 0 Å². The van der Waals surface area contributed by atoms with Crippen LogP contribution in [0.2, 0.25) is 0 Å². The monoisotopic (exact) mass is 582 g/mol. The van der Waals surface area contributed by atoms with Gasteiger partial charge in [0.2, 0.25) is 17.7 Å². The standard InChI is InChI=1S/C31H42N4O5S/c1-19-6-4-9-23(20(19)2)33-29(37)27-31-11-10-24(40-31)25(28(36)32-21-7-5-8-22(18-21)41-3)26(31)30(38)35(27)13-12-34-14-16-39-17-15-34/h5,7-8,10-11,18-20,23-27H,4,6,9,12-17H2,1-3H3,(H,32,36)(H,33,37)/t19-,20-,23-,24+,25-,26+,27+,31+/m1/s1. The van der Waals surface area contributed by atoms with E-state index in [2.05, 4.69) is 29.4 Å². The lowest BCUT2D eigenvalue weighted by atomic mass is 9.73. The van der Waals surface area contributed by atoms with E-state index in [4.69, 9.17) is 9.47 Å². The molecule has 10 heteroatoms. The summed E-state index contributed by atoms with van der Waals surface area (Å²) in [4.78, 5) is 47.2. The molecule has 1 aromatic carbocycles. The molecule has 9 nitrogen and oxygen atoms in total. The maximum atomic E-state index is 14.2. The van der Waals surface area contributed by atoms with Crippen molar-refractivity contribution in [1.82, 2.24) is 15.1 Å². The van der Waals surface area contributed by atoms with Gasteiger partial charge in [-0.3, -0.25) is 19.3 Å². The number of ether oxygens (including phenoxy) is 2. The van der Waals surface area contributed by atoms with Crippen molar-refractivity contribution in [3.8, 4) is 0 Å². The fourth-order valence-electron chi connectivity index (χ4n) is 7.56. The Morgan fingerprint density at radius 3 is 2.71 bits per heavy atom. The average molecular weight is 583 g/mol. The van der Waals surface area contributed by atoms with Crippen LogP contribution in [0.5, 0.6) is 0 Å². The first kappa shape index (κ1) is 28.7. The number of benzene rings is 1. The third kappa shape index (κ3) is 5.21. The van der Waals surface area contributed by atoms with Crippen molar-refractivity contribution in [1.29, 1.82) is 0 Å². The highest BCUT2D eigenvalue weighted by Gasteiger charge is 2.72. The molecule has 41 heavy (non-hydrogen) atoms. The molecular formula is C31H42N4O5S. The number of rotatable bonds is 8. The molecule has 222 valence electrons. The van der Waals surface area contributed by atoms with E-state index in [0.717, 1.165) is 37.2 Å². The predicted molar refractivity (Wildman–Crippen MR) is 157 cm³/mol. The minimum atomic E-state index is -1.15. The van der Waals surface area contributed by atoms with Crippen molar-refractivity contribution in [3.63, 3.8) is 0 Å². The lowest BCUT2D eigenvalue weighted by molar-refractivity contribution is -0.142. The second-order valence-corrected chi connectivity index (χ2v) is 13.2. The summed E-state index contributed by atoms with van der Waals surface area (Å²) in [5.41, 5.74) is -0.462. The first-order chi connectivity index (χ1) is 19.8. The van der Waals surface area contributed by atoms with E-state index in [-0.39, 0.29) is 23.8 Å². The Labute approximate surface area is 246 Å². The fourth-order valence-corrected chi connectivity index (χ4v) is 8.02. The summed E-state index contributed by atoms with van der Waals surface area (Å²) < 4.78 is 12.0. The van der Waals surface area contributed by atoms with E-state index in [9.17, 15) is 14.4 Å². The highest BCUT2D eigenvalue weighted by Crippen LogP contribution is 2.55. The number of carbonyl (C=O) groups excluding carboxylic acids is 3. The number of likely N-dealkylation sites (tertiary alicyclic amines) is 1. The zero-order chi connectivity index (χ0) is 28.7. The summed E-state index contributed by atoms with van der Waals surface area (Å²) in [5, 5.41) is 6.37. The van der Waals surface area contributed by atoms with Gasteiger partial charge in [-0.2, -0.15) is 0 Å². The lowest BCUT2D eigenvalue weighted by Gasteiger charge is -2.38. The minimum Gasteiger partial charge on any atom is -0.379 e. The second-order valence-electron chi connectivity index (χ2n) is 12.3. The van der Waals surface area contributed by atoms with Crippen LogP contribution in [-0.4, -0.2) is 97.0 Å². The van der Waals surface area contributed by atoms with Gasteiger partial charge in [-0.25, -0.2) is 0 Å². The van der Waals surface area contributed by atoms with E-state index in [1.54, 1.807) is 16.7 Å². The third-order valence-corrected chi connectivity index (χ3v) is 10.8. The number of thioether (sulfide) groups is 1. The van der Waals surface area contributed by atoms with Crippen molar-refractivity contribution in [2.24, 2.45) is 23.7 Å². The Morgan fingerprint density at radius 1 is 1.12 bits per heavy atom. The first-order valence-corrected chi connectivity index (χ1v) is 16.3. The molecule has 0 radical (unpaired) electrons. The van der Waals surface area contributed by atoms with Gasteiger partial charge in [-0.15, -0.1) is 11.8 Å². The van der Waals surface area contributed by atoms with Crippen molar-refractivity contribution < 1.29 is 23.9 Å². The van der Waals surface area contributed by atoms with Gasteiger partial charge < -0.3 is 25.0 Å². The van der Waals surface area contributed by atoms with Gasteiger partial charge in [0.05, 0.1) is 31.2 Å². The maximum absolute atomic E-state index is 14.2. The molecule has 4 heterocycles. The summed E-state index contributed by atoms with van der Waals surface area (Å²) >= 11 is 1.60. The number of morpholine rings is 1. The summed E-state index contributed by atoms with van der Waals surface area (Å²) in [6.45, 7) is 8.41. The van der Waals surface area contributed by atoms with E-state index in [1.165, 1.54) is 0 Å². The zero-order valence-electron chi connectivity index (χ0n) is 24.2. The molecule has 0 aromatic heterocycles. The molecule has 8 atom stereocenters. The zero-order valence-corrected chi connectivity index (χ0v) is 25.0. The Hall–Kier alpha value is -2.40. The highest BCUT2D eigenvalue weighted by molar-refractivity contribution is 7.98. The van der Waals surface area contributed by atoms with Crippen LogP contribution < -0.4 is 10.6 Å². The van der Waals surface area contributed by atoms with Gasteiger partial charge in [0.25, 0.3) is 0 Å². The van der Waals surface area contributed by atoms with Gasteiger partial charge in [0.1, 0.15) is 11.6 Å². The van der Waals surface area contributed by atoms with Crippen LogP contribution in [0.4, 0.5) is 5.69 Å². The SMILES string of the molecule is CSc1cccc(NC(=O)[C@@H]2[C@@H]3C=C[C@]4(O3)[C@@H]2C(=O)N(CCN2CCOCC2)[C@H]4C(=O)N[C@@H]2CCC[C@@H](C)[C@H]2C)c1. The number of carbonyl (C=O) groups is 3. The Kier molecular flexibility index (Phi) is 8.19. The van der Waals surface area contributed by atoms with Crippen LogP contribution in [-0.2, 0) is 23.9 Å². The van der Waals surface area contributed by atoms with Gasteiger partial charge >= 0.3 is 0 Å². The molecule has 4 fully saturated rings. The van der Waals surface area contributed by atoms with Crippen molar-refractivity contribution in [2.45, 2.75) is 61.8 Å². The maximum Gasteiger partial charge on any atom is 0.246 e. The molecule has 4 aliphatic heterocycles. The van der Waals surface area contributed by atoms with Crippen LogP contribution >= 0.6 is 11.8 Å². The molecule has 0 unspecified atom stereocenters. The van der Waals surface area contributed by atoms with Gasteiger partial charge in [-0.05, 0) is 42.7 Å². The summed E-state index contributed by atoms with van der Waals surface area (Å²) in [6.07, 6.45) is 8.39. The van der Waals surface area contributed by atoms with E-state index >= 15 is 0 Å². The number of hydrogen-bond acceptors (Lipinski definition) is 7. The molecule has 6 rings (SSSR count). The third-order valence-electron chi connectivity index (χ3n) is 10.1. The van der Waals surface area contributed by atoms with Crippen molar-refractivity contribution in [3.05, 3.63) is 36.4 Å². The summed E-state index contributed by atoms with van der Waals surface area (Å²) in [6, 6.07) is 6.92. The van der Waals surface area contributed by atoms with Crippen LogP contribution in [0, 0.1) is 23.7 Å². The topological polar surface area (TPSA) is 100 Å². The van der Waals surface area contributed by atoms with E-state index in [1.807, 2.05) is 42.7 Å². The Morgan fingerprint density at radius 2 is 1.93 bits per heavy atom. The average Bonchev–Trinajstić information content (AvgIpc) is 3.62. The molecule has 1 spiro atoms. The number of fused-ring (bicyclic) bond motifs is 1. The van der Waals surface area contributed by atoms with Crippen LogP contribution in [0.3, 0.4) is 0 Å². The molecule has 3 saturated heterocycles. The molecule has 3 amide bonds. The number of hydrogen-bond donors (Lipinski definition) is 2. The predicted octanol–water partition coefficient (Wildman–Crippen LogP) is 2.77. The fraction of sp³-hybridized carbons (Fsp3) is 0.645. The van der Waals surface area contributed by atoms with Crippen molar-refractivity contribution in [2.75, 3.05) is 51.0 Å². The van der Waals surface area contributed by atoms with Gasteiger partial charge in [-0.1, -0.05) is 44.9 Å². The molecular weight excluding hydrogens is 540 g/mol. The normalized spacial score (nSPS) is 36.4. The van der Waals surface area contributed by atoms with E-state index in [0.29, 0.717) is 43.8 Å². The summed E-state index contributed by atoms with van der Waals surface area (Å²) in [7, 11) is 0. The van der Waals surface area contributed by atoms with Gasteiger partial charge in [0.15, 0.2) is 0 Å². The first-order valence-electron chi connectivity index (χ1n) is 15.1. The molecule has 2 N–H and O–H groups in total. The molecule has 2 bridgehead atoms. The number of nitrogens with one attached hydrogen (secondary N) is 2. The smallest absolute Gasteiger partial charge is 0.246 e. The molecule has 1 aliphatic carbocycles. The molecule has 1 aromatic rings. The number of amides is 3. The largest absolute Gasteiger partial charge is 0.379 e. The van der Waals surface area contributed by atoms with E-state index < -0.39 is 29.6 Å². The lowest BCUT2D eigenvalue weighted by Crippen LogP contribution is -2.58. The van der Waals surface area contributed by atoms with Crippen LogP contribution in [0.1, 0.15) is 33.1 Å². The number of nitrogens with zero attached hydrogens (tertiary/aromatic N) is 2. The molecule has 5 aliphatic rings. The van der Waals surface area contributed by atoms with Crippen molar-refractivity contribution >= 4 is 35.2 Å². The van der Waals surface area contributed by atoms with Crippen LogP contribution in [0.15, 0.2) is 41.3 Å². The highest BCUT2D eigenvalue weighted by atomic mass is 32.2.